The average Bonchev–Trinajstić information content (AvgIpc) is 3.05. The molecule has 1 aromatic rings. The summed E-state index contributed by atoms with van der Waals surface area (Å²) in [6.07, 6.45) is 2.86. The zero-order valence-corrected chi connectivity index (χ0v) is 16.0. The molecule has 0 aliphatic carbocycles. The van der Waals surface area contributed by atoms with E-state index in [0.29, 0.717) is 11.3 Å². The number of rotatable bonds is 2. The van der Waals surface area contributed by atoms with Crippen molar-refractivity contribution < 1.29 is 14.5 Å². The van der Waals surface area contributed by atoms with E-state index in [-0.39, 0.29) is 0 Å². The van der Waals surface area contributed by atoms with Gasteiger partial charge in [-0.3, -0.25) is 0 Å². The molecule has 0 bridgehead atoms. The van der Waals surface area contributed by atoms with Crippen LogP contribution < -0.4 is 15.8 Å². The fourth-order valence-corrected chi connectivity index (χ4v) is 3.69. The van der Waals surface area contributed by atoms with Gasteiger partial charge in [0.25, 0.3) is 5.82 Å². The number of hydrogen-bond acceptors (Lipinski definition) is 6. The Labute approximate surface area is 148 Å². The molecule has 3 N–H and O–H groups in total. The van der Waals surface area contributed by atoms with Gasteiger partial charge in [0, 0.05) is 52.4 Å². The van der Waals surface area contributed by atoms with E-state index in [1.165, 1.54) is 0 Å². The molecule has 0 saturated carbocycles. The van der Waals surface area contributed by atoms with Crippen molar-refractivity contribution in [1.29, 1.82) is 0 Å². The molecule has 6 nitrogen and oxygen atoms in total. The lowest BCUT2D eigenvalue weighted by atomic mass is 10.1. The minimum Gasteiger partial charge on any atom is -0.388 e. The second-order valence-corrected chi connectivity index (χ2v) is 6.37. The first-order valence-electron chi connectivity index (χ1n) is 7.93. The second kappa shape index (κ2) is 11.0. The van der Waals surface area contributed by atoms with Crippen LogP contribution in [-0.2, 0) is 15.9 Å². The highest BCUT2D eigenvalue weighted by molar-refractivity contribution is 7.99. The van der Waals surface area contributed by atoms with E-state index in [9.17, 15) is 0 Å². The van der Waals surface area contributed by atoms with E-state index in [1.807, 2.05) is 18.9 Å². The lowest BCUT2D eigenvalue weighted by Crippen LogP contribution is -2.47. The van der Waals surface area contributed by atoms with Crippen LogP contribution in [0.2, 0.25) is 5.28 Å². The van der Waals surface area contributed by atoms with Gasteiger partial charge in [0.2, 0.25) is 0 Å². The summed E-state index contributed by atoms with van der Waals surface area (Å²) >= 11 is 7.82. The molecule has 3 rings (SSSR count). The monoisotopic (exact) mass is 363 g/mol. The van der Waals surface area contributed by atoms with E-state index < -0.39 is 0 Å². The number of nitrogens with one attached hydrogen (secondary N) is 1. The predicted octanol–water partition coefficient (Wildman–Crippen LogP) is 2.35. The molecule has 0 spiro atoms. The van der Waals surface area contributed by atoms with E-state index in [4.69, 9.17) is 22.2 Å². The smallest absolute Gasteiger partial charge is 0.332 e. The van der Waals surface area contributed by atoms with Crippen molar-refractivity contribution in [2.75, 3.05) is 38.2 Å². The number of H-pyrrole nitrogens is 1. The number of hydrogen-bond donors (Lipinski definition) is 1. The van der Waals surface area contributed by atoms with Gasteiger partial charge in [-0.05, 0) is 11.6 Å². The number of fused-ring (bicyclic) bond motifs is 1. The number of hydrazine groups is 1. The molecule has 23 heavy (non-hydrogen) atoms. The number of ether oxygens (including phenoxy) is 2. The Bertz CT molecular complexity index is 473. The SMILES string of the molecule is CC.COC.NN(c1[nH+]c(Cl)nc2c1SCC2)C1CCOCC1. The lowest BCUT2D eigenvalue weighted by molar-refractivity contribution is -0.369. The summed E-state index contributed by atoms with van der Waals surface area (Å²) in [5.74, 6) is 8.21. The van der Waals surface area contributed by atoms with Crippen molar-refractivity contribution in [2.24, 2.45) is 5.84 Å². The first-order chi connectivity index (χ1) is 11.2. The van der Waals surface area contributed by atoms with Crippen molar-refractivity contribution >= 4 is 29.2 Å². The van der Waals surface area contributed by atoms with Crippen LogP contribution in [0.1, 0.15) is 32.4 Å². The highest BCUT2D eigenvalue weighted by Crippen LogP contribution is 2.36. The molecule has 1 aromatic heterocycles. The summed E-state index contributed by atoms with van der Waals surface area (Å²) in [7, 11) is 3.25. The Morgan fingerprint density at radius 1 is 1.35 bits per heavy atom. The van der Waals surface area contributed by atoms with Crippen molar-refractivity contribution in [3.63, 3.8) is 0 Å². The first-order valence-corrected chi connectivity index (χ1v) is 9.30. The highest BCUT2D eigenvalue weighted by atomic mass is 35.5. The largest absolute Gasteiger partial charge is 0.388 e. The van der Waals surface area contributed by atoms with Crippen LogP contribution in [0.15, 0.2) is 4.90 Å². The van der Waals surface area contributed by atoms with Gasteiger partial charge in [0.05, 0.1) is 6.04 Å². The number of aryl methyl sites for hydroxylation is 1. The van der Waals surface area contributed by atoms with E-state index in [2.05, 4.69) is 14.7 Å². The summed E-state index contributed by atoms with van der Waals surface area (Å²) in [6, 6.07) is 0.304. The molecule has 0 amide bonds. The third kappa shape index (κ3) is 5.76. The van der Waals surface area contributed by atoms with Gasteiger partial charge in [-0.25, -0.2) is 9.99 Å². The van der Waals surface area contributed by atoms with Crippen LogP contribution in [0.25, 0.3) is 0 Å². The summed E-state index contributed by atoms with van der Waals surface area (Å²) < 4.78 is 9.62. The van der Waals surface area contributed by atoms with Crippen LogP contribution in [-0.4, -0.2) is 44.2 Å². The summed E-state index contributed by atoms with van der Waals surface area (Å²) in [4.78, 5) is 8.57. The van der Waals surface area contributed by atoms with Gasteiger partial charge in [-0.1, -0.05) is 18.8 Å². The maximum absolute atomic E-state index is 6.26. The molecular formula is C15H28ClN4O2S+. The Kier molecular flexibility index (Phi) is 9.81. The molecule has 1 fully saturated rings. The van der Waals surface area contributed by atoms with Crippen LogP contribution >= 0.6 is 23.4 Å². The second-order valence-electron chi connectivity index (χ2n) is 4.91. The first kappa shape index (κ1) is 20.4. The summed E-state index contributed by atoms with van der Waals surface area (Å²) in [5, 5.41) is 2.22. The quantitative estimate of drug-likeness (QED) is 0.494. The Balaban J connectivity index is 0.000000477. The molecule has 8 heteroatoms. The lowest BCUT2D eigenvalue weighted by Gasteiger charge is -2.27. The van der Waals surface area contributed by atoms with Gasteiger partial charge in [0.15, 0.2) is 0 Å². The van der Waals surface area contributed by atoms with Gasteiger partial charge >= 0.3 is 5.28 Å². The summed E-state index contributed by atoms with van der Waals surface area (Å²) in [6.45, 7) is 5.54. The number of anilines is 1. The molecule has 1 saturated heterocycles. The maximum Gasteiger partial charge on any atom is 0.332 e. The topological polar surface area (TPSA) is 74.8 Å². The van der Waals surface area contributed by atoms with Crippen LogP contribution in [0, 0.1) is 0 Å². The minimum absolute atomic E-state index is 0.304. The zero-order chi connectivity index (χ0) is 17.2. The standard InChI is InChI=1S/C11H15ClN4OS.C2H6O.C2H6/c12-11-14-8-3-6-18-9(8)10(15-11)16(13)7-1-4-17-5-2-7;1-3-2;1-2/h7H,1-6,13H2;1-2H3;1-2H3/p+1. The van der Waals surface area contributed by atoms with Crippen molar-refractivity contribution in [3.05, 3.63) is 11.0 Å². The van der Waals surface area contributed by atoms with Gasteiger partial charge < -0.3 is 9.47 Å². The van der Waals surface area contributed by atoms with E-state index in [1.54, 1.807) is 26.0 Å². The summed E-state index contributed by atoms with van der Waals surface area (Å²) in [5.41, 5.74) is 1.06. The number of nitrogens with zero attached hydrogens (tertiary/aromatic N) is 2. The molecular weight excluding hydrogens is 336 g/mol. The zero-order valence-electron chi connectivity index (χ0n) is 14.4. The molecule has 0 unspecified atom stereocenters. The van der Waals surface area contributed by atoms with Gasteiger partial charge in [0.1, 0.15) is 10.6 Å². The number of aromatic amines is 1. The number of aromatic nitrogens is 2. The Morgan fingerprint density at radius 3 is 2.57 bits per heavy atom. The normalized spacial score (nSPS) is 16.6. The van der Waals surface area contributed by atoms with Gasteiger partial charge in [-0.15, -0.1) is 11.8 Å². The Hall–Kier alpha value is -0.600. The van der Waals surface area contributed by atoms with Crippen molar-refractivity contribution in [1.82, 2.24) is 4.98 Å². The van der Waals surface area contributed by atoms with Crippen LogP contribution in [0.3, 0.4) is 0 Å². The minimum atomic E-state index is 0.304. The average molecular weight is 364 g/mol. The molecule has 0 atom stereocenters. The van der Waals surface area contributed by atoms with Crippen molar-refractivity contribution in [2.45, 2.75) is 44.0 Å². The number of thioether (sulfide) groups is 1. The van der Waals surface area contributed by atoms with E-state index >= 15 is 0 Å². The molecule has 3 heterocycles. The van der Waals surface area contributed by atoms with Crippen LogP contribution in [0.4, 0.5) is 5.82 Å². The van der Waals surface area contributed by atoms with Crippen LogP contribution in [0.5, 0.6) is 0 Å². The fraction of sp³-hybridized carbons (Fsp3) is 0.733. The third-order valence-electron chi connectivity index (χ3n) is 3.36. The molecule has 0 radical (unpaired) electrons. The van der Waals surface area contributed by atoms with Gasteiger partial charge in [-0.2, -0.15) is 5.84 Å². The van der Waals surface area contributed by atoms with Crippen molar-refractivity contribution in [3.8, 4) is 0 Å². The Morgan fingerprint density at radius 2 is 1.96 bits per heavy atom. The maximum atomic E-state index is 6.26. The predicted molar refractivity (Wildman–Crippen MR) is 95.0 cm³/mol. The molecule has 2 aliphatic rings. The highest BCUT2D eigenvalue weighted by Gasteiger charge is 2.32. The fourth-order valence-electron chi connectivity index (χ4n) is 2.39. The number of halogens is 1. The molecule has 2 aliphatic heterocycles. The molecule has 132 valence electrons. The number of methoxy groups -OCH3 is 1. The number of nitrogens with two attached hydrogens (primary N) is 1. The third-order valence-corrected chi connectivity index (χ3v) is 4.66. The molecule has 0 aromatic carbocycles. The van der Waals surface area contributed by atoms with E-state index in [0.717, 1.165) is 54.6 Å².